The van der Waals surface area contributed by atoms with Crippen LogP contribution in [0.3, 0.4) is 0 Å². The molecule has 1 aromatic carbocycles. The van der Waals surface area contributed by atoms with Gasteiger partial charge in [-0.3, -0.25) is 10.1 Å². The maximum Gasteiger partial charge on any atom is 0.321 e. The van der Waals surface area contributed by atoms with Gasteiger partial charge in [0, 0.05) is 0 Å². The van der Waals surface area contributed by atoms with Crippen LogP contribution in [0.15, 0.2) is 24.3 Å². The molecule has 0 bridgehead atoms. The van der Waals surface area contributed by atoms with Gasteiger partial charge in [0.05, 0.1) is 12.5 Å². The molecule has 1 aromatic rings. The Hall–Kier alpha value is -1.84. The van der Waals surface area contributed by atoms with E-state index in [2.05, 4.69) is 10.6 Å². The molecule has 2 N–H and O–H groups in total. The average Bonchev–Trinajstić information content (AvgIpc) is 2.16. The van der Waals surface area contributed by atoms with Crippen LogP contribution in [0.2, 0.25) is 0 Å². The van der Waals surface area contributed by atoms with E-state index in [0.29, 0.717) is 6.42 Å². The molecule has 0 aliphatic carbocycles. The van der Waals surface area contributed by atoms with Crippen molar-refractivity contribution in [1.29, 1.82) is 0 Å². The number of hydrogen-bond acceptors (Lipinski definition) is 2. The summed E-state index contributed by atoms with van der Waals surface area (Å²) in [5.41, 5.74) is 2.08. The van der Waals surface area contributed by atoms with Crippen molar-refractivity contribution < 1.29 is 9.59 Å². The van der Waals surface area contributed by atoms with Gasteiger partial charge >= 0.3 is 6.03 Å². The van der Waals surface area contributed by atoms with E-state index in [1.165, 1.54) is 0 Å². The minimum atomic E-state index is -0.417. The predicted molar refractivity (Wildman–Crippen MR) is 55.2 cm³/mol. The lowest BCUT2D eigenvalue weighted by Gasteiger charge is -2.24. The lowest BCUT2D eigenvalue weighted by atomic mass is 9.98. The molecular weight excluding hydrogens is 192 g/mol. The summed E-state index contributed by atoms with van der Waals surface area (Å²) in [6.45, 7) is 1.97. The van der Waals surface area contributed by atoms with Crippen LogP contribution < -0.4 is 10.6 Å². The zero-order valence-corrected chi connectivity index (χ0v) is 8.41. The Bertz CT molecular complexity index is 399. The van der Waals surface area contributed by atoms with Crippen molar-refractivity contribution in [2.75, 3.05) is 0 Å². The number of carbonyl (C=O) groups excluding carboxylic acids is 2. The van der Waals surface area contributed by atoms with Crippen LogP contribution >= 0.6 is 0 Å². The third kappa shape index (κ3) is 1.98. The monoisotopic (exact) mass is 204 g/mol. The summed E-state index contributed by atoms with van der Waals surface area (Å²) >= 11 is 0. The molecule has 1 aliphatic rings. The SMILES string of the molecule is Cc1ccccc1C1CC(=O)NC(=O)N1. The molecule has 3 amide bonds. The van der Waals surface area contributed by atoms with E-state index in [4.69, 9.17) is 0 Å². The highest BCUT2D eigenvalue weighted by Gasteiger charge is 2.25. The zero-order valence-electron chi connectivity index (χ0n) is 8.41. The Morgan fingerprint density at radius 2 is 2.00 bits per heavy atom. The molecule has 1 atom stereocenters. The van der Waals surface area contributed by atoms with Crippen LogP contribution in [0.4, 0.5) is 4.79 Å². The molecule has 0 saturated carbocycles. The molecule has 4 nitrogen and oxygen atoms in total. The summed E-state index contributed by atoms with van der Waals surface area (Å²) in [7, 11) is 0. The normalized spacial score (nSPS) is 20.7. The average molecular weight is 204 g/mol. The molecule has 1 saturated heterocycles. The second-order valence-electron chi connectivity index (χ2n) is 3.63. The highest BCUT2D eigenvalue weighted by molar-refractivity contribution is 5.97. The predicted octanol–water partition coefficient (Wildman–Crippen LogP) is 1.27. The standard InChI is InChI=1S/C11H12N2O2/c1-7-4-2-3-5-8(7)9-6-10(14)13-11(15)12-9/h2-5,9H,6H2,1H3,(H2,12,13,14,15). The van der Waals surface area contributed by atoms with Crippen molar-refractivity contribution in [3.05, 3.63) is 35.4 Å². The first-order valence-corrected chi connectivity index (χ1v) is 4.82. The Kier molecular flexibility index (Phi) is 2.41. The number of rotatable bonds is 1. The van der Waals surface area contributed by atoms with Crippen molar-refractivity contribution >= 4 is 11.9 Å². The van der Waals surface area contributed by atoms with Crippen molar-refractivity contribution in [3.8, 4) is 0 Å². The first kappa shape index (κ1) is 9.71. The highest BCUT2D eigenvalue weighted by atomic mass is 16.2. The van der Waals surface area contributed by atoms with E-state index in [1.54, 1.807) is 0 Å². The summed E-state index contributed by atoms with van der Waals surface area (Å²) in [4.78, 5) is 22.3. The van der Waals surface area contributed by atoms with Crippen LogP contribution in [-0.2, 0) is 4.79 Å². The lowest BCUT2D eigenvalue weighted by Crippen LogP contribution is -2.48. The minimum absolute atomic E-state index is 0.201. The molecular formula is C11H12N2O2. The molecule has 1 unspecified atom stereocenters. The van der Waals surface area contributed by atoms with Crippen molar-refractivity contribution in [3.63, 3.8) is 0 Å². The summed E-state index contributed by atoms with van der Waals surface area (Å²) in [6, 6.07) is 7.12. The van der Waals surface area contributed by atoms with Crippen LogP contribution in [0.5, 0.6) is 0 Å². The Labute approximate surface area is 87.7 Å². The van der Waals surface area contributed by atoms with Gasteiger partial charge in [0.1, 0.15) is 0 Å². The third-order valence-electron chi connectivity index (χ3n) is 2.51. The van der Waals surface area contributed by atoms with Gasteiger partial charge in [0.15, 0.2) is 0 Å². The molecule has 0 aromatic heterocycles. The largest absolute Gasteiger partial charge is 0.330 e. The number of hydrogen-bond donors (Lipinski definition) is 2. The molecule has 4 heteroatoms. The van der Waals surface area contributed by atoms with Crippen LogP contribution in [-0.4, -0.2) is 11.9 Å². The maximum atomic E-state index is 11.2. The van der Waals surface area contributed by atoms with Gasteiger partial charge in [0.25, 0.3) is 0 Å². The number of nitrogens with one attached hydrogen (secondary N) is 2. The first-order chi connectivity index (χ1) is 7.16. The van der Waals surface area contributed by atoms with Crippen LogP contribution in [0.1, 0.15) is 23.6 Å². The summed E-state index contributed by atoms with van der Waals surface area (Å²) in [5.74, 6) is -0.230. The Morgan fingerprint density at radius 1 is 1.27 bits per heavy atom. The summed E-state index contributed by atoms with van der Waals surface area (Å²) in [6.07, 6.45) is 0.302. The van der Waals surface area contributed by atoms with Crippen molar-refractivity contribution in [2.45, 2.75) is 19.4 Å². The van der Waals surface area contributed by atoms with Gasteiger partial charge < -0.3 is 5.32 Å². The van der Waals surface area contributed by atoms with Gasteiger partial charge in [-0.1, -0.05) is 24.3 Å². The fourth-order valence-electron chi connectivity index (χ4n) is 1.77. The van der Waals surface area contributed by atoms with Crippen LogP contribution in [0, 0.1) is 6.92 Å². The Morgan fingerprint density at radius 3 is 2.67 bits per heavy atom. The summed E-state index contributed by atoms with van der Waals surface area (Å²) < 4.78 is 0. The molecule has 1 aliphatic heterocycles. The van der Waals surface area contributed by atoms with Crippen molar-refractivity contribution in [2.24, 2.45) is 0 Å². The van der Waals surface area contributed by atoms with E-state index < -0.39 is 6.03 Å². The molecule has 78 valence electrons. The second-order valence-corrected chi connectivity index (χ2v) is 3.63. The summed E-state index contributed by atoms with van der Waals surface area (Å²) in [5, 5.41) is 4.94. The number of amides is 3. The molecule has 2 rings (SSSR count). The number of benzene rings is 1. The van der Waals surface area contributed by atoms with E-state index in [0.717, 1.165) is 11.1 Å². The topological polar surface area (TPSA) is 58.2 Å². The second kappa shape index (κ2) is 3.73. The van der Waals surface area contributed by atoms with Gasteiger partial charge in [-0.05, 0) is 18.1 Å². The number of aryl methyl sites for hydroxylation is 1. The van der Waals surface area contributed by atoms with Gasteiger partial charge in [-0.15, -0.1) is 0 Å². The van der Waals surface area contributed by atoms with Gasteiger partial charge in [-0.2, -0.15) is 0 Å². The van der Waals surface area contributed by atoms with Crippen molar-refractivity contribution in [1.82, 2.24) is 10.6 Å². The number of imide groups is 1. The number of urea groups is 1. The maximum absolute atomic E-state index is 11.2. The van der Waals surface area contributed by atoms with Gasteiger partial charge in [0.2, 0.25) is 5.91 Å². The third-order valence-corrected chi connectivity index (χ3v) is 2.51. The first-order valence-electron chi connectivity index (χ1n) is 4.82. The minimum Gasteiger partial charge on any atom is -0.330 e. The van der Waals surface area contributed by atoms with Gasteiger partial charge in [-0.25, -0.2) is 4.79 Å². The lowest BCUT2D eigenvalue weighted by molar-refractivity contribution is -0.121. The molecule has 15 heavy (non-hydrogen) atoms. The molecule has 0 radical (unpaired) electrons. The Balaban J connectivity index is 2.27. The highest BCUT2D eigenvalue weighted by Crippen LogP contribution is 2.21. The fourth-order valence-corrected chi connectivity index (χ4v) is 1.77. The molecule has 1 fully saturated rings. The van der Waals surface area contributed by atoms with E-state index >= 15 is 0 Å². The van der Waals surface area contributed by atoms with E-state index in [9.17, 15) is 9.59 Å². The fraction of sp³-hybridized carbons (Fsp3) is 0.273. The van der Waals surface area contributed by atoms with Crippen LogP contribution in [0.25, 0.3) is 0 Å². The van der Waals surface area contributed by atoms with E-state index in [1.807, 2.05) is 31.2 Å². The smallest absolute Gasteiger partial charge is 0.321 e. The number of carbonyl (C=O) groups is 2. The zero-order chi connectivity index (χ0) is 10.8. The molecule has 1 heterocycles. The quantitative estimate of drug-likeness (QED) is 0.723. The molecule has 0 spiro atoms. The van der Waals surface area contributed by atoms with E-state index in [-0.39, 0.29) is 11.9 Å².